The SMILES string of the molecule is CNC(=O)c1cc(CNCCCC2NC[C@@H](N)CO2)cn(Cc2ccccc2)c1=O. The zero-order valence-electron chi connectivity index (χ0n) is 17.4. The topological polar surface area (TPSA) is 110 Å². The van der Waals surface area contributed by atoms with E-state index in [2.05, 4.69) is 16.0 Å². The molecule has 2 heterocycles. The maximum absolute atomic E-state index is 12.8. The Morgan fingerprint density at radius 1 is 1.30 bits per heavy atom. The highest BCUT2D eigenvalue weighted by atomic mass is 16.5. The number of amides is 1. The molecule has 1 aromatic carbocycles. The molecular formula is C22H31N5O3. The molecule has 2 aromatic rings. The van der Waals surface area contributed by atoms with Crippen molar-refractivity contribution in [3.05, 3.63) is 69.6 Å². The summed E-state index contributed by atoms with van der Waals surface area (Å²) in [5.74, 6) is -0.373. The lowest BCUT2D eigenvalue weighted by Crippen LogP contribution is -2.50. The standard InChI is InChI=1S/C22H31N5O3/c1-24-21(28)19-10-17(11-25-9-5-8-20-26-12-18(23)15-30-20)14-27(22(19)29)13-16-6-3-2-4-7-16/h2-4,6-7,10,14,18,20,25-26H,5,8-9,11-13,15,23H2,1H3,(H,24,28)/t18-,20?/m1/s1. The van der Waals surface area contributed by atoms with E-state index in [1.54, 1.807) is 10.6 Å². The molecule has 1 unspecified atom stereocenters. The van der Waals surface area contributed by atoms with Crippen molar-refractivity contribution in [3.8, 4) is 0 Å². The summed E-state index contributed by atoms with van der Waals surface area (Å²) in [6.45, 7) is 3.17. The lowest BCUT2D eigenvalue weighted by molar-refractivity contribution is -0.0140. The first kappa shape index (κ1) is 22.2. The Morgan fingerprint density at radius 2 is 2.10 bits per heavy atom. The first-order valence-electron chi connectivity index (χ1n) is 10.4. The van der Waals surface area contributed by atoms with Crippen molar-refractivity contribution in [1.82, 2.24) is 20.5 Å². The monoisotopic (exact) mass is 413 g/mol. The van der Waals surface area contributed by atoms with Crippen LogP contribution in [0.25, 0.3) is 0 Å². The minimum atomic E-state index is -0.373. The molecule has 1 aromatic heterocycles. The summed E-state index contributed by atoms with van der Waals surface area (Å²) in [4.78, 5) is 24.9. The molecule has 0 radical (unpaired) electrons. The van der Waals surface area contributed by atoms with Gasteiger partial charge >= 0.3 is 0 Å². The number of nitrogens with one attached hydrogen (secondary N) is 3. The van der Waals surface area contributed by atoms with E-state index in [1.165, 1.54) is 7.05 Å². The molecule has 1 fully saturated rings. The molecule has 8 nitrogen and oxygen atoms in total. The lowest BCUT2D eigenvalue weighted by Gasteiger charge is -2.28. The van der Waals surface area contributed by atoms with Gasteiger partial charge in [-0.2, -0.15) is 0 Å². The van der Waals surface area contributed by atoms with Gasteiger partial charge in [-0.15, -0.1) is 0 Å². The number of aromatic nitrogens is 1. The highest BCUT2D eigenvalue weighted by molar-refractivity contribution is 5.93. The third-order valence-corrected chi connectivity index (χ3v) is 5.08. The molecule has 8 heteroatoms. The van der Waals surface area contributed by atoms with Gasteiger partial charge in [0.1, 0.15) is 11.8 Å². The maximum atomic E-state index is 12.8. The van der Waals surface area contributed by atoms with Gasteiger partial charge in [0.25, 0.3) is 11.5 Å². The van der Waals surface area contributed by atoms with Crippen LogP contribution in [0.1, 0.15) is 34.3 Å². The van der Waals surface area contributed by atoms with Crippen LogP contribution in [-0.4, -0.2) is 49.5 Å². The van der Waals surface area contributed by atoms with Crippen molar-refractivity contribution in [3.63, 3.8) is 0 Å². The van der Waals surface area contributed by atoms with Gasteiger partial charge in [0, 0.05) is 32.4 Å². The van der Waals surface area contributed by atoms with E-state index in [1.807, 2.05) is 36.5 Å². The van der Waals surface area contributed by atoms with Crippen molar-refractivity contribution in [1.29, 1.82) is 0 Å². The lowest BCUT2D eigenvalue weighted by atomic mass is 10.1. The predicted octanol–water partition coefficient (Wildman–Crippen LogP) is 0.399. The Hall–Kier alpha value is -2.52. The zero-order chi connectivity index (χ0) is 21.3. The summed E-state index contributed by atoms with van der Waals surface area (Å²) >= 11 is 0. The van der Waals surface area contributed by atoms with Gasteiger partial charge in [-0.05, 0) is 36.6 Å². The first-order valence-corrected chi connectivity index (χ1v) is 10.4. The number of carbonyl (C=O) groups is 1. The molecule has 0 saturated carbocycles. The number of hydrogen-bond acceptors (Lipinski definition) is 6. The molecule has 1 saturated heterocycles. The molecule has 30 heavy (non-hydrogen) atoms. The third kappa shape index (κ3) is 6.24. The Balaban J connectivity index is 1.60. The molecule has 0 aliphatic carbocycles. The summed E-state index contributed by atoms with van der Waals surface area (Å²) in [6.07, 6.45) is 3.72. The summed E-state index contributed by atoms with van der Waals surface area (Å²) in [5.41, 5.74) is 7.56. The fraction of sp³-hybridized carbons (Fsp3) is 0.455. The molecule has 2 atom stereocenters. The van der Waals surface area contributed by atoms with E-state index in [0.717, 1.165) is 37.1 Å². The summed E-state index contributed by atoms with van der Waals surface area (Å²) in [6, 6.07) is 11.5. The summed E-state index contributed by atoms with van der Waals surface area (Å²) in [5, 5.41) is 9.23. The van der Waals surface area contributed by atoms with Crippen LogP contribution in [-0.2, 0) is 17.8 Å². The van der Waals surface area contributed by atoms with Crippen LogP contribution in [0.2, 0.25) is 0 Å². The van der Waals surface area contributed by atoms with Gasteiger partial charge in [-0.1, -0.05) is 30.3 Å². The second-order valence-electron chi connectivity index (χ2n) is 7.57. The van der Waals surface area contributed by atoms with E-state index in [0.29, 0.717) is 19.7 Å². The van der Waals surface area contributed by atoms with Gasteiger partial charge in [0.15, 0.2) is 0 Å². The van der Waals surface area contributed by atoms with Gasteiger partial charge in [-0.3, -0.25) is 14.9 Å². The predicted molar refractivity (Wildman–Crippen MR) is 116 cm³/mol. The molecule has 162 valence electrons. The number of pyridine rings is 1. The van der Waals surface area contributed by atoms with Crippen LogP contribution in [0.4, 0.5) is 0 Å². The average molecular weight is 414 g/mol. The maximum Gasteiger partial charge on any atom is 0.263 e. The Labute approximate surface area is 176 Å². The average Bonchev–Trinajstić information content (AvgIpc) is 2.77. The van der Waals surface area contributed by atoms with Crippen LogP contribution in [0.15, 0.2) is 47.4 Å². The Morgan fingerprint density at radius 3 is 2.80 bits per heavy atom. The fourth-order valence-electron chi connectivity index (χ4n) is 3.46. The number of rotatable bonds is 9. The minimum Gasteiger partial charge on any atom is -0.362 e. The summed E-state index contributed by atoms with van der Waals surface area (Å²) in [7, 11) is 1.53. The van der Waals surface area contributed by atoms with Crippen molar-refractivity contribution >= 4 is 5.91 Å². The van der Waals surface area contributed by atoms with Gasteiger partial charge in [0.2, 0.25) is 0 Å². The smallest absolute Gasteiger partial charge is 0.263 e. The molecule has 0 bridgehead atoms. The molecule has 5 N–H and O–H groups in total. The van der Waals surface area contributed by atoms with Crippen LogP contribution >= 0.6 is 0 Å². The quantitative estimate of drug-likeness (QED) is 0.443. The Bertz CT molecular complexity index is 876. The van der Waals surface area contributed by atoms with E-state index < -0.39 is 0 Å². The number of nitrogens with two attached hydrogens (primary N) is 1. The van der Waals surface area contributed by atoms with Crippen LogP contribution in [0, 0.1) is 0 Å². The molecule has 3 rings (SSSR count). The normalized spacial score (nSPS) is 18.9. The highest BCUT2D eigenvalue weighted by Gasteiger charge is 2.17. The van der Waals surface area contributed by atoms with Crippen molar-refractivity contribution in [2.24, 2.45) is 5.73 Å². The van der Waals surface area contributed by atoms with Crippen LogP contribution in [0.5, 0.6) is 0 Å². The first-order chi connectivity index (χ1) is 14.6. The minimum absolute atomic E-state index is 0.0548. The van der Waals surface area contributed by atoms with Gasteiger partial charge in [0.05, 0.1) is 13.2 Å². The van der Waals surface area contributed by atoms with E-state index >= 15 is 0 Å². The zero-order valence-corrected chi connectivity index (χ0v) is 17.4. The van der Waals surface area contributed by atoms with Gasteiger partial charge < -0.3 is 25.7 Å². The number of benzene rings is 1. The number of ether oxygens (including phenoxy) is 1. The highest BCUT2D eigenvalue weighted by Crippen LogP contribution is 2.07. The van der Waals surface area contributed by atoms with Crippen molar-refractivity contribution < 1.29 is 9.53 Å². The second kappa shape index (κ2) is 11.0. The molecule has 1 aliphatic rings. The van der Waals surface area contributed by atoms with Crippen molar-refractivity contribution in [2.75, 3.05) is 26.7 Å². The molecule has 0 spiro atoms. The second-order valence-corrected chi connectivity index (χ2v) is 7.57. The molecular weight excluding hydrogens is 382 g/mol. The van der Waals surface area contributed by atoms with E-state index in [-0.39, 0.29) is 29.3 Å². The van der Waals surface area contributed by atoms with E-state index in [9.17, 15) is 9.59 Å². The fourth-order valence-corrected chi connectivity index (χ4v) is 3.46. The molecule has 1 aliphatic heterocycles. The van der Waals surface area contributed by atoms with Crippen molar-refractivity contribution in [2.45, 2.75) is 38.2 Å². The largest absolute Gasteiger partial charge is 0.362 e. The van der Waals surface area contributed by atoms with Gasteiger partial charge in [-0.25, -0.2) is 0 Å². The molecule has 1 amide bonds. The van der Waals surface area contributed by atoms with Crippen LogP contribution in [0.3, 0.4) is 0 Å². The third-order valence-electron chi connectivity index (χ3n) is 5.08. The number of carbonyl (C=O) groups excluding carboxylic acids is 1. The Kier molecular flexibility index (Phi) is 8.15. The number of nitrogens with zero attached hydrogens (tertiary/aromatic N) is 1. The van der Waals surface area contributed by atoms with Crippen LogP contribution < -0.4 is 27.2 Å². The number of hydrogen-bond donors (Lipinski definition) is 4. The summed E-state index contributed by atoms with van der Waals surface area (Å²) < 4.78 is 7.25. The van der Waals surface area contributed by atoms with E-state index in [4.69, 9.17) is 10.5 Å².